The molecule has 10 heavy (non-hydrogen) atoms. The lowest BCUT2D eigenvalue weighted by atomic mass is 10.6. The van der Waals surface area contributed by atoms with Crippen LogP contribution in [0.5, 0.6) is 0 Å². The van der Waals surface area contributed by atoms with Gasteiger partial charge in [0.1, 0.15) is 0 Å². The standard InChI is InChI=1S/C4HClN4O/c5-3-2-4(6-1-10-2)8-9-7-3/h1H. The zero-order valence-corrected chi connectivity index (χ0v) is 5.41. The van der Waals surface area contributed by atoms with Crippen LogP contribution in [0.4, 0.5) is 0 Å². The monoisotopic (exact) mass is 156 g/mol. The summed E-state index contributed by atoms with van der Waals surface area (Å²) in [6, 6.07) is 0. The van der Waals surface area contributed by atoms with Crippen molar-refractivity contribution >= 4 is 22.8 Å². The highest BCUT2D eigenvalue weighted by Crippen LogP contribution is 2.15. The fraction of sp³-hybridized carbons (Fsp3) is 0. The van der Waals surface area contributed by atoms with Crippen LogP contribution in [0.3, 0.4) is 0 Å². The highest BCUT2D eigenvalue weighted by Gasteiger charge is 2.04. The lowest BCUT2D eigenvalue weighted by Gasteiger charge is -1.83. The Morgan fingerprint density at radius 2 is 2.30 bits per heavy atom. The van der Waals surface area contributed by atoms with E-state index in [1.54, 1.807) is 0 Å². The van der Waals surface area contributed by atoms with Gasteiger partial charge < -0.3 is 4.42 Å². The Morgan fingerprint density at radius 3 is 3.10 bits per heavy atom. The second-order valence-corrected chi connectivity index (χ2v) is 1.94. The van der Waals surface area contributed by atoms with Crippen LogP contribution in [0.2, 0.25) is 5.15 Å². The summed E-state index contributed by atoms with van der Waals surface area (Å²) in [5.41, 5.74) is 0.747. The minimum atomic E-state index is 0.183. The van der Waals surface area contributed by atoms with Crippen molar-refractivity contribution in [2.24, 2.45) is 0 Å². The molecule has 0 saturated heterocycles. The summed E-state index contributed by atoms with van der Waals surface area (Å²) >= 11 is 5.55. The van der Waals surface area contributed by atoms with Crippen molar-refractivity contribution in [3.63, 3.8) is 0 Å². The third kappa shape index (κ3) is 0.640. The molecule has 0 aliphatic rings. The smallest absolute Gasteiger partial charge is 0.225 e. The van der Waals surface area contributed by atoms with Gasteiger partial charge in [0.25, 0.3) is 0 Å². The number of hydrogen-bond acceptors (Lipinski definition) is 5. The van der Waals surface area contributed by atoms with Crippen LogP contribution >= 0.6 is 11.6 Å². The highest BCUT2D eigenvalue weighted by molar-refractivity contribution is 6.33. The van der Waals surface area contributed by atoms with Gasteiger partial charge in [-0.2, -0.15) is 4.98 Å². The van der Waals surface area contributed by atoms with Crippen LogP contribution in [0.1, 0.15) is 0 Å². The molecule has 0 spiro atoms. The van der Waals surface area contributed by atoms with Gasteiger partial charge in [0.05, 0.1) is 0 Å². The highest BCUT2D eigenvalue weighted by atomic mass is 35.5. The van der Waals surface area contributed by atoms with E-state index < -0.39 is 0 Å². The molecular formula is C4HClN4O. The Morgan fingerprint density at radius 1 is 1.40 bits per heavy atom. The number of halogens is 1. The fourth-order valence-electron chi connectivity index (χ4n) is 0.602. The van der Waals surface area contributed by atoms with Crippen molar-refractivity contribution in [3.8, 4) is 0 Å². The summed E-state index contributed by atoms with van der Waals surface area (Å²) in [5, 5.41) is 10.5. The Balaban J connectivity index is 2.95. The molecule has 0 radical (unpaired) electrons. The van der Waals surface area contributed by atoms with Gasteiger partial charge in [0.15, 0.2) is 11.5 Å². The maximum Gasteiger partial charge on any atom is 0.225 e. The van der Waals surface area contributed by atoms with Crippen molar-refractivity contribution < 1.29 is 4.42 Å². The molecule has 2 heterocycles. The minimum Gasteiger partial charge on any atom is -0.438 e. The molecule has 5 nitrogen and oxygen atoms in total. The molecule has 0 aromatic carbocycles. The normalized spacial score (nSPS) is 10.5. The zero-order valence-electron chi connectivity index (χ0n) is 4.65. The third-order valence-electron chi connectivity index (χ3n) is 1.01. The summed E-state index contributed by atoms with van der Waals surface area (Å²) < 4.78 is 4.84. The third-order valence-corrected chi connectivity index (χ3v) is 1.26. The Hall–Kier alpha value is -1.23. The van der Waals surface area contributed by atoms with Crippen molar-refractivity contribution in [2.45, 2.75) is 0 Å². The second-order valence-electron chi connectivity index (χ2n) is 1.59. The Kier molecular flexibility index (Phi) is 1.04. The Bertz CT molecular complexity index is 359. The first-order chi connectivity index (χ1) is 4.88. The summed E-state index contributed by atoms with van der Waals surface area (Å²) in [6.07, 6.45) is 1.24. The Labute approximate surface area is 60.0 Å². The van der Waals surface area contributed by atoms with E-state index in [4.69, 9.17) is 16.0 Å². The fourth-order valence-corrected chi connectivity index (χ4v) is 0.765. The molecule has 2 aromatic rings. The summed E-state index contributed by atoms with van der Waals surface area (Å²) in [6.45, 7) is 0. The summed E-state index contributed by atoms with van der Waals surface area (Å²) in [5.74, 6) is 0. The predicted octanol–water partition coefficient (Wildman–Crippen LogP) is 0.666. The van der Waals surface area contributed by atoms with E-state index in [1.165, 1.54) is 6.39 Å². The molecule has 0 amide bonds. The van der Waals surface area contributed by atoms with Crippen LogP contribution in [0.25, 0.3) is 11.2 Å². The molecule has 0 aliphatic carbocycles. The second kappa shape index (κ2) is 1.88. The molecule has 50 valence electrons. The van der Waals surface area contributed by atoms with Gasteiger partial charge in [-0.3, -0.25) is 0 Å². The summed E-state index contributed by atoms with van der Waals surface area (Å²) in [4.78, 5) is 3.71. The van der Waals surface area contributed by atoms with Gasteiger partial charge in [-0.05, 0) is 5.21 Å². The molecule has 0 saturated carbocycles. The lowest BCUT2D eigenvalue weighted by Crippen LogP contribution is -1.86. The number of oxazole rings is 1. The maximum absolute atomic E-state index is 5.55. The number of fused-ring (bicyclic) bond motifs is 1. The number of nitrogens with zero attached hydrogens (tertiary/aromatic N) is 4. The van der Waals surface area contributed by atoms with Crippen LogP contribution in [0.15, 0.2) is 10.8 Å². The lowest BCUT2D eigenvalue weighted by molar-refractivity contribution is 0.599. The van der Waals surface area contributed by atoms with Gasteiger partial charge >= 0.3 is 0 Å². The topological polar surface area (TPSA) is 64.7 Å². The van der Waals surface area contributed by atoms with E-state index in [0.29, 0.717) is 11.2 Å². The molecule has 2 aromatic heterocycles. The molecule has 0 aliphatic heterocycles. The van der Waals surface area contributed by atoms with E-state index >= 15 is 0 Å². The van der Waals surface area contributed by atoms with E-state index in [9.17, 15) is 0 Å². The molecule has 0 atom stereocenters. The number of hydrogen-bond donors (Lipinski definition) is 0. The van der Waals surface area contributed by atoms with Gasteiger partial charge in [0.2, 0.25) is 11.2 Å². The molecular weight excluding hydrogens is 156 g/mol. The van der Waals surface area contributed by atoms with Crippen LogP contribution in [-0.4, -0.2) is 20.4 Å². The average molecular weight is 157 g/mol. The van der Waals surface area contributed by atoms with Crippen molar-refractivity contribution in [1.29, 1.82) is 0 Å². The molecule has 2 rings (SSSR count). The minimum absolute atomic E-state index is 0.183. The molecule has 0 bridgehead atoms. The van der Waals surface area contributed by atoms with Crippen molar-refractivity contribution in [1.82, 2.24) is 20.4 Å². The molecule has 0 N–H and O–H groups in total. The van der Waals surface area contributed by atoms with E-state index in [-0.39, 0.29) is 5.15 Å². The zero-order chi connectivity index (χ0) is 6.97. The first kappa shape index (κ1) is 5.55. The van der Waals surface area contributed by atoms with Gasteiger partial charge in [-0.25, -0.2) is 0 Å². The first-order valence-corrected chi connectivity index (χ1v) is 2.84. The van der Waals surface area contributed by atoms with Crippen LogP contribution in [0, 0.1) is 0 Å². The molecule has 6 heteroatoms. The molecule has 0 fully saturated rings. The number of aromatic nitrogens is 4. The van der Waals surface area contributed by atoms with Gasteiger partial charge in [-0.1, -0.05) is 11.6 Å². The van der Waals surface area contributed by atoms with Crippen LogP contribution < -0.4 is 0 Å². The van der Waals surface area contributed by atoms with E-state index in [2.05, 4.69) is 20.4 Å². The predicted molar refractivity (Wildman–Crippen MR) is 32.4 cm³/mol. The largest absolute Gasteiger partial charge is 0.438 e. The van der Waals surface area contributed by atoms with E-state index in [0.717, 1.165) is 0 Å². The van der Waals surface area contributed by atoms with Gasteiger partial charge in [-0.15, -0.1) is 10.2 Å². The van der Waals surface area contributed by atoms with Crippen molar-refractivity contribution in [2.75, 3.05) is 0 Å². The van der Waals surface area contributed by atoms with E-state index in [1.807, 2.05) is 0 Å². The molecule has 0 unspecified atom stereocenters. The first-order valence-electron chi connectivity index (χ1n) is 2.46. The average Bonchev–Trinajstić information content (AvgIpc) is 2.36. The van der Waals surface area contributed by atoms with Crippen LogP contribution in [-0.2, 0) is 0 Å². The van der Waals surface area contributed by atoms with Gasteiger partial charge in [0, 0.05) is 0 Å². The summed E-state index contributed by atoms with van der Waals surface area (Å²) in [7, 11) is 0. The maximum atomic E-state index is 5.55. The number of rotatable bonds is 0. The quantitative estimate of drug-likeness (QED) is 0.561. The van der Waals surface area contributed by atoms with Crippen molar-refractivity contribution in [3.05, 3.63) is 11.5 Å². The SMILES string of the molecule is Clc1nnnc2ncoc12.